The number of aliphatic imine (C=N–C) groups is 1. The molecule has 0 unspecified atom stereocenters. The number of hydrogen-bond acceptors (Lipinski definition) is 5. The van der Waals surface area contributed by atoms with Crippen LogP contribution < -0.4 is 20.1 Å². The van der Waals surface area contributed by atoms with Crippen molar-refractivity contribution in [1.29, 1.82) is 0 Å². The molecule has 2 rings (SSSR count). The first-order chi connectivity index (χ1) is 13.8. The van der Waals surface area contributed by atoms with Crippen molar-refractivity contribution in [3.63, 3.8) is 0 Å². The highest BCUT2D eigenvalue weighted by molar-refractivity contribution is 5.79. The van der Waals surface area contributed by atoms with Gasteiger partial charge in [-0.05, 0) is 50.4 Å². The molecule has 0 bridgehead atoms. The van der Waals surface area contributed by atoms with Gasteiger partial charge in [0.1, 0.15) is 0 Å². The molecule has 0 atom stereocenters. The lowest BCUT2D eigenvalue weighted by Crippen LogP contribution is -2.38. The van der Waals surface area contributed by atoms with E-state index in [4.69, 9.17) is 19.2 Å². The molecule has 1 saturated heterocycles. The minimum atomic E-state index is 0.756. The molecule has 1 aliphatic heterocycles. The summed E-state index contributed by atoms with van der Waals surface area (Å²) in [6.07, 6.45) is 3.17. The lowest BCUT2D eigenvalue weighted by atomic mass is 10.1. The number of nitrogens with one attached hydrogen (secondary N) is 2. The third-order valence-electron chi connectivity index (χ3n) is 4.75. The fraction of sp³-hybridized carbons (Fsp3) is 0.667. The van der Waals surface area contributed by atoms with E-state index >= 15 is 0 Å². The molecule has 7 nitrogen and oxygen atoms in total. The Morgan fingerprint density at radius 2 is 1.89 bits per heavy atom. The first-order valence-electron chi connectivity index (χ1n) is 10.3. The highest BCUT2D eigenvalue weighted by atomic mass is 16.5. The minimum absolute atomic E-state index is 0.756. The van der Waals surface area contributed by atoms with Crippen molar-refractivity contribution in [2.45, 2.75) is 26.2 Å². The Hall–Kier alpha value is -1.99. The Bertz CT molecular complexity index is 589. The van der Waals surface area contributed by atoms with E-state index in [1.807, 2.05) is 12.1 Å². The summed E-state index contributed by atoms with van der Waals surface area (Å²) in [5.74, 6) is 2.40. The molecule has 7 heteroatoms. The zero-order valence-corrected chi connectivity index (χ0v) is 17.6. The number of ether oxygens (including phenoxy) is 3. The maximum Gasteiger partial charge on any atom is 0.191 e. The molecule has 1 aliphatic rings. The fourth-order valence-corrected chi connectivity index (χ4v) is 3.17. The van der Waals surface area contributed by atoms with Crippen molar-refractivity contribution in [2.75, 3.05) is 66.7 Å². The van der Waals surface area contributed by atoms with E-state index in [1.54, 1.807) is 14.2 Å². The zero-order valence-electron chi connectivity index (χ0n) is 17.6. The summed E-state index contributed by atoms with van der Waals surface area (Å²) in [7, 11) is 3.31. The number of hydrogen-bond donors (Lipinski definition) is 2. The van der Waals surface area contributed by atoms with Gasteiger partial charge in [-0.1, -0.05) is 6.07 Å². The molecule has 28 heavy (non-hydrogen) atoms. The Balaban J connectivity index is 1.70. The SMILES string of the molecule is CCNC(=NCCCCN1CCOCC1)NCCc1ccc(OC)c(OC)c1. The van der Waals surface area contributed by atoms with Crippen LogP contribution in [0.1, 0.15) is 25.3 Å². The Morgan fingerprint density at radius 1 is 1.11 bits per heavy atom. The average Bonchev–Trinajstić information content (AvgIpc) is 2.74. The van der Waals surface area contributed by atoms with Crippen LogP contribution in [0.2, 0.25) is 0 Å². The van der Waals surface area contributed by atoms with Crippen molar-refractivity contribution >= 4 is 5.96 Å². The number of benzene rings is 1. The number of guanidine groups is 1. The average molecular weight is 393 g/mol. The minimum Gasteiger partial charge on any atom is -0.493 e. The van der Waals surface area contributed by atoms with Gasteiger partial charge in [-0.2, -0.15) is 0 Å². The molecule has 1 heterocycles. The van der Waals surface area contributed by atoms with Gasteiger partial charge in [0.25, 0.3) is 0 Å². The summed E-state index contributed by atoms with van der Waals surface area (Å²) >= 11 is 0. The summed E-state index contributed by atoms with van der Waals surface area (Å²) in [5.41, 5.74) is 1.20. The maximum absolute atomic E-state index is 5.39. The van der Waals surface area contributed by atoms with Crippen molar-refractivity contribution in [2.24, 2.45) is 4.99 Å². The molecule has 0 saturated carbocycles. The first kappa shape index (κ1) is 22.3. The summed E-state index contributed by atoms with van der Waals surface area (Å²) in [5, 5.41) is 6.73. The second-order valence-electron chi connectivity index (χ2n) is 6.79. The largest absolute Gasteiger partial charge is 0.493 e. The van der Waals surface area contributed by atoms with Crippen LogP contribution in [0.4, 0.5) is 0 Å². The monoisotopic (exact) mass is 392 g/mol. The topological polar surface area (TPSA) is 67.4 Å². The smallest absolute Gasteiger partial charge is 0.191 e. The number of morpholine rings is 1. The summed E-state index contributed by atoms with van der Waals surface area (Å²) in [6.45, 7) is 9.60. The maximum atomic E-state index is 5.39. The molecule has 0 aromatic heterocycles. The number of nitrogens with zero attached hydrogens (tertiary/aromatic N) is 2. The van der Waals surface area contributed by atoms with Crippen molar-refractivity contribution in [3.05, 3.63) is 23.8 Å². The van der Waals surface area contributed by atoms with Gasteiger partial charge in [-0.3, -0.25) is 9.89 Å². The van der Waals surface area contributed by atoms with Crippen LogP contribution in [-0.2, 0) is 11.2 Å². The van der Waals surface area contributed by atoms with E-state index in [0.717, 1.165) is 82.8 Å². The molecule has 2 N–H and O–H groups in total. The molecule has 1 aromatic rings. The lowest BCUT2D eigenvalue weighted by Gasteiger charge is -2.26. The zero-order chi connectivity index (χ0) is 20.0. The van der Waals surface area contributed by atoms with E-state index < -0.39 is 0 Å². The summed E-state index contributed by atoms with van der Waals surface area (Å²) < 4.78 is 16.0. The molecule has 0 spiro atoms. The Morgan fingerprint density at radius 3 is 2.61 bits per heavy atom. The van der Waals surface area contributed by atoms with E-state index in [2.05, 4.69) is 28.5 Å². The van der Waals surface area contributed by atoms with Gasteiger partial charge < -0.3 is 24.8 Å². The predicted octanol–water partition coefficient (Wildman–Crippen LogP) is 1.91. The third kappa shape index (κ3) is 7.94. The van der Waals surface area contributed by atoms with Gasteiger partial charge in [0, 0.05) is 32.7 Å². The summed E-state index contributed by atoms with van der Waals surface area (Å²) in [6, 6.07) is 6.04. The highest BCUT2D eigenvalue weighted by Gasteiger charge is 2.09. The van der Waals surface area contributed by atoms with Crippen LogP contribution in [0.3, 0.4) is 0 Å². The Kier molecular flexibility index (Phi) is 10.5. The number of rotatable bonds is 11. The van der Waals surface area contributed by atoms with Crippen LogP contribution >= 0.6 is 0 Å². The number of unbranched alkanes of at least 4 members (excludes halogenated alkanes) is 1. The van der Waals surface area contributed by atoms with E-state index in [0.29, 0.717) is 0 Å². The van der Waals surface area contributed by atoms with Crippen LogP contribution in [0.15, 0.2) is 23.2 Å². The van der Waals surface area contributed by atoms with Gasteiger partial charge in [-0.15, -0.1) is 0 Å². The van der Waals surface area contributed by atoms with Gasteiger partial charge in [0.05, 0.1) is 27.4 Å². The third-order valence-corrected chi connectivity index (χ3v) is 4.75. The van der Waals surface area contributed by atoms with Crippen LogP contribution in [0.5, 0.6) is 11.5 Å². The second-order valence-corrected chi connectivity index (χ2v) is 6.79. The van der Waals surface area contributed by atoms with Crippen LogP contribution in [-0.4, -0.2) is 77.6 Å². The van der Waals surface area contributed by atoms with E-state index in [9.17, 15) is 0 Å². The first-order valence-corrected chi connectivity index (χ1v) is 10.3. The lowest BCUT2D eigenvalue weighted by molar-refractivity contribution is 0.0373. The fourth-order valence-electron chi connectivity index (χ4n) is 3.17. The molecule has 0 radical (unpaired) electrons. The normalized spacial score (nSPS) is 15.3. The molecule has 158 valence electrons. The molecule has 1 fully saturated rings. The molecular formula is C21H36N4O3. The quantitative estimate of drug-likeness (QED) is 0.341. The molecular weight excluding hydrogens is 356 g/mol. The Labute approximate surface area is 169 Å². The predicted molar refractivity (Wildman–Crippen MR) is 114 cm³/mol. The molecule has 1 aromatic carbocycles. The van der Waals surface area contributed by atoms with Gasteiger partial charge in [0.15, 0.2) is 17.5 Å². The van der Waals surface area contributed by atoms with Crippen molar-refractivity contribution in [3.8, 4) is 11.5 Å². The highest BCUT2D eigenvalue weighted by Crippen LogP contribution is 2.27. The van der Waals surface area contributed by atoms with E-state index in [1.165, 1.54) is 12.0 Å². The number of methoxy groups -OCH3 is 2. The van der Waals surface area contributed by atoms with Crippen LogP contribution in [0, 0.1) is 0 Å². The van der Waals surface area contributed by atoms with Gasteiger partial charge in [-0.25, -0.2) is 0 Å². The van der Waals surface area contributed by atoms with Crippen molar-refractivity contribution < 1.29 is 14.2 Å². The molecule has 0 aliphatic carbocycles. The van der Waals surface area contributed by atoms with Gasteiger partial charge >= 0.3 is 0 Å². The van der Waals surface area contributed by atoms with Gasteiger partial charge in [0.2, 0.25) is 0 Å². The summed E-state index contributed by atoms with van der Waals surface area (Å²) in [4.78, 5) is 7.17. The van der Waals surface area contributed by atoms with Crippen LogP contribution in [0.25, 0.3) is 0 Å². The van der Waals surface area contributed by atoms with E-state index in [-0.39, 0.29) is 0 Å². The standard InChI is InChI=1S/C21H36N4O3/c1-4-22-21(23-10-5-6-12-25-13-15-28-16-14-25)24-11-9-18-7-8-19(26-2)20(17-18)27-3/h7-8,17H,4-6,9-16H2,1-3H3,(H2,22,23,24). The van der Waals surface area contributed by atoms with Crippen molar-refractivity contribution in [1.82, 2.24) is 15.5 Å². The second kappa shape index (κ2) is 13.2. The molecule has 0 amide bonds.